The Bertz CT molecular complexity index is 1270. The Kier molecular flexibility index (Phi) is 34.2. The summed E-state index contributed by atoms with van der Waals surface area (Å²) >= 11 is 0. The zero-order chi connectivity index (χ0) is 32.7. The van der Waals surface area contributed by atoms with Crippen LogP contribution in [0, 0.1) is 17.8 Å². The number of carbonyl (C=O) groups is 2. The van der Waals surface area contributed by atoms with Gasteiger partial charge in [-0.05, 0) is 37.1 Å². The van der Waals surface area contributed by atoms with Gasteiger partial charge >= 0.3 is 0 Å². The molecule has 2 aromatic rings. The molecule has 3 fully saturated rings. The van der Waals surface area contributed by atoms with Crippen molar-refractivity contribution in [3.63, 3.8) is 0 Å². The van der Waals surface area contributed by atoms with Crippen LogP contribution in [-0.2, 0) is 60.8 Å². The summed E-state index contributed by atoms with van der Waals surface area (Å²) in [7, 11) is 0. The number of allylic oxidation sites excluding steroid dienone is 2. The molecule has 51 heavy (non-hydrogen) atoms. The molecule has 0 aromatic heterocycles. The fourth-order valence-electron chi connectivity index (χ4n) is 6.07. The Morgan fingerprint density at radius 1 is 0.627 bits per heavy atom. The average Bonchev–Trinajstić information content (AvgIpc) is 3.14. The Labute approximate surface area is 336 Å². The predicted octanol–water partition coefficient (Wildman–Crippen LogP) is 11.4. The van der Waals surface area contributed by atoms with E-state index in [9.17, 15) is 9.59 Å². The maximum Gasteiger partial charge on any atom is 0.165 e. The van der Waals surface area contributed by atoms with Crippen molar-refractivity contribution in [2.45, 2.75) is 77.0 Å². The van der Waals surface area contributed by atoms with Crippen molar-refractivity contribution in [3.05, 3.63) is 118 Å². The normalized spacial score (nSPS) is 16.3. The molecule has 2 aliphatic carbocycles. The van der Waals surface area contributed by atoms with E-state index in [1.807, 2.05) is 48.6 Å². The molecule has 4 aliphatic rings. The number of aliphatic imine (C=N–C) groups is 2. The first-order chi connectivity index (χ1) is 22.6. The number of benzene rings is 2. The Hall–Kier alpha value is -2.74. The van der Waals surface area contributed by atoms with Gasteiger partial charge in [0.15, 0.2) is 5.78 Å². The molecule has 0 unspecified atom stereocenters. The molecule has 0 bridgehead atoms. The van der Waals surface area contributed by atoms with E-state index in [4.69, 9.17) is 10.8 Å². The van der Waals surface area contributed by atoms with Crippen LogP contribution in [0.1, 0.15) is 77.0 Å². The third kappa shape index (κ3) is 21.4. The average molecular weight is 816 g/mol. The van der Waals surface area contributed by atoms with Crippen LogP contribution in [0.5, 0.6) is 0 Å². The predicted molar refractivity (Wildman–Crippen MR) is 199 cm³/mol. The minimum Gasteiger partial charge on any atom is -0.693 e. The zero-order valence-electron chi connectivity index (χ0n) is 29.1. The quantitative estimate of drug-likeness (QED) is 0.207. The van der Waals surface area contributed by atoms with Crippen LogP contribution in [0.25, 0.3) is 33.8 Å². The van der Waals surface area contributed by atoms with Gasteiger partial charge in [-0.2, -0.15) is 18.2 Å². The SMILES string of the molecule is O=C(C1=CC[N-]C=C1)C1CCCCC1.O=C(C1CCCCC1)C1CC[N-]CC1.[Mn].[Mn].[Mn].[N-]=C=Nc1ccccc1.[N-]=C=Nc1ccccc1.[NH2-].[NH2-]. The van der Waals surface area contributed by atoms with Crippen molar-refractivity contribution in [1.82, 2.24) is 0 Å². The smallest absolute Gasteiger partial charge is 0.165 e. The molecule has 1 saturated heterocycles. The minimum atomic E-state index is 0. The van der Waals surface area contributed by atoms with E-state index in [2.05, 4.69) is 20.6 Å². The number of nitrogens with two attached hydrogens (primary N) is 2. The summed E-state index contributed by atoms with van der Waals surface area (Å²) in [6.45, 7) is 2.51. The number of piperidine rings is 1. The number of Topliss-reactive ketones (excluding diaryl/α,β-unsaturated/α-hetero) is 2. The van der Waals surface area contributed by atoms with E-state index in [1.165, 1.54) is 38.5 Å². The molecule has 281 valence electrons. The molecular formula is C38H50Mn3N8O2-6. The molecule has 13 heteroatoms. The maximum atomic E-state index is 12.1. The molecule has 10 nitrogen and oxygen atoms in total. The molecule has 2 aromatic carbocycles. The second kappa shape index (κ2) is 33.1. The summed E-state index contributed by atoms with van der Waals surface area (Å²) in [6.07, 6.45) is 19.7. The molecule has 0 spiro atoms. The number of para-hydroxylation sites is 2. The van der Waals surface area contributed by atoms with E-state index in [0.717, 1.165) is 57.2 Å². The largest absolute Gasteiger partial charge is 0.693 e. The third-order valence-electron chi connectivity index (χ3n) is 8.59. The standard InChI is InChI=1S/C12H20NO.C12H16NO.2C7H5N2.3Mn.2H2N/c2*14-12(10-4-2-1-3-5-10)11-6-8-13-9-7-11;2*8-6-9-7-4-2-1-3-5-7;;;;;/h10-11H,1-9H2;6-8,10H,1-5,9H2;2*1-5H;;;;2*1H2/q4*-1;;;;2*-1. The molecule has 0 amide bonds. The maximum absolute atomic E-state index is 12.1. The molecule has 0 atom stereocenters. The molecule has 4 N–H and O–H groups in total. The first-order valence-electron chi connectivity index (χ1n) is 16.7. The van der Waals surface area contributed by atoms with Crippen molar-refractivity contribution in [1.29, 1.82) is 0 Å². The topological polar surface area (TPSA) is 199 Å². The van der Waals surface area contributed by atoms with Gasteiger partial charge in [-0.3, -0.25) is 9.59 Å². The molecule has 2 heterocycles. The van der Waals surface area contributed by atoms with E-state index in [1.54, 1.807) is 42.5 Å². The van der Waals surface area contributed by atoms with Crippen molar-refractivity contribution < 1.29 is 60.8 Å². The van der Waals surface area contributed by atoms with Gasteiger partial charge in [0.2, 0.25) is 0 Å². The zero-order valence-corrected chi connectivity index (χ0v) is 32.7. The second-order valence-electron chi connectivity index (χ2n) is 11.8. The van der Waals surface area contributed by atoms with E-state index < -0.39 is 0 Å². The summed E-state index contributed by atoms with van der Waals surface area (Å²) in [5, 5.41) is 24.6. The van der Waals surface area contributed by atoms with Crippen LogP contribution in [0.2, 0.25) is 0 Å². The van der Waals surface area contributed by atoms with Crippen LogP contribution < -0.4 is 0 Å². The van der Waals surface area contributed by atoms with Crippen LogP contribution in [0.15, 0.2) is 94.6 Å². The van der Waals surface area contributed by atoms with E-state index >= 15 is 0 Å². The van der Waals surface area contributed by atoms with Crippen LogP contribution in [0.3, 0.4) is 0 Å². The summed E-state index contributed by atoms with van der Waals surface area (Å²) < 4.78 is 0. The van der Waals surface area contributed by atoms with Crippen molar-refractivity contribution in [2.24, 2.45) is 27.7 Å². The van der Waals surface area contributed by atoms with E-state index in [0.29, 0.717) is 41.3 Å². The monoisotopic (exact) mass is 815 g/mol. The molecule has 6 rings (SSSR count). The molecular weight excluding hydrogens is 765 g/mol. The van der Waals surface area contributed by atoms with Gasteiger partial charge < -0.3 is 43.7 Å². The Balaban J connectivity index is -0.000000595. The molecule has 2 saturated carbocycles. The van der Waals surface area contributed by atoms with Gasteiger partial charge in [0.25, 0.3) is 0 Å². The number of rotatable bonds is 6. The summed E-state index contributed by atoms with van der Waals surface area (Å²) in [6, 6.07) is 21.7. The number of hydrogen-bond acceptors (Lipinski definition) is 4. The first-order valence-corrected chi connectivity index (χ1v) is 16.7. The summed E-state index contributed by atoms with van der Waals surface area (Å²) in [4.78, 5) is 31.1. The Morgan fingerprint density at radius 3 is 1.47 bits per heavy atom. The van der Waals surface area contributed by atoms with E-state index in [-0.39, 0.29) is 69.4 Å². The number of nitrogens with zero attached hydrogens (tertiary/aromatic N) is 6. The van der Waals surface area contributed by atoms with Crippen LogP contribution >= 0.6 is 0 Å². The van der Waals surface area contributed by atoms with Gasteiger partial charge in [0, 0.05) is 74.5 Å². The van der Waals surface area contributed by atoms with Crippen LogP contribution in [-0.4, -0.2) is 43.2 Å². The van der Waals surface area contributed by atoms with Gasteiger partial charge in [0.05, 0.1) is 0 Å². The fraction of sp³-hybridized carbons (Fsp3) is 0.474. The number of carbonyl (C=O) groups excluding carboxylic acids is 2. The van der Waals surface area contributed by atoms with Gasteiger partial charge in [-0.1, -0.05) is 124 Å². The van der Waals surface area contributed by atoms with Crippen LogP contribution in [0.4, 0.5) is 11.4 Å². The second-order valence-corrected chi connectivity index (χ2v) is 11.8. The number of ketones is 2. The first kappa shape index (κ1) is 52.6. The minimum absolute atomic E-state index is 0. The van der Waals surface area contributed by atoms with Crippen molar-refractivity contribution >= 4 is 35.0 Å². The summed E-state index contributed by atoms with van der Waals surface area (Å²) in [5.74, 6) is 1.97. The van der Waals surface area contributed by atoms with Gasteiger partial charge in [-0.15, -0.1) is 19.6 Å². The van der Waals surface area contributed by atoms with Gasteiger partial charge in [0.1, 0.15) is 5.78 Å². The number of hydrogen-bond donors (Lipinski definition) is 0. The van der Waals surface area contributed by atoms with Crippen molar-refractivity contribution in [2.75, 3.05) is 19.6 Å². The molecule has 2 aliphatic heterocycles. The molecule has 3 radical (unpaired) electrons. The summed E-state index contributed by atoms with van der Waals surface area (Å²) in [5.41, 5.74) is 2.30. The van der Waals surface area contributed by atoms with Gasteiger partial charge in [-0.25, -0.2) is 0 Å². The Morgan fingerprint density at radius 2 is 1.06 bits per heavy atom. The van der Waals surface area contributed by atoms with Crippen molar-refractivity contribution in [3.8, 4) is 0 Å². The fourth-order valence-corrected chi connectivity index (χ4v) is 6.07. The third-order valence-corrected chi connectivity index (χ3v) is 8.59.